The van der Waals surface area contributed by atoms with E-state index in [0.717, 1.165) is 0 Å². The van der Waals surface area contributed by atoms with Crippen LogP contribution in [0.5, 0.6) is 0 Å². The van der Waals surface area contributed by atoms with Gasteiger partial charge in [0, 0.05) is 0 Å². The molecular formula is C9H18Cl2O2. The Morgan fingerprint density at radius 3 is 1.69 bits per heavy atom. The normalized spacial score (nSPS) is 9.31. The minimum Gasteiger partial charge on any atom is -0.481 e. The van der Waals surface area contributed by atoms with Gasteiger partial charge in [-0.1, -0.05) is 39.5 Å². The molecule has 0 bridgehead atoms. The molecule has 0 aliphatic heterocycles. The van der Waals surface area contributed by atoms with Gasteiger partial charge < -0.3 is 5.11 Å². The first-order valence-corrected chi connectivity index (χ1v) is 5.41. The molecule has 0 aromatic rings. The van der Waals surface area contributed by atoms with E-state index in [-0.39, 0.29) is 6.42 Å². The summed E-state index contributed by atoms with van der Waals surface area (Å²) in [6, 6.07) is 0. The van der Waals surface area contributed by atoms with Crippen molar-refractivity contribution in [1.29, 1.82) is 0 Å². The van der Waals surface area contributed by atoms with Gasteiger partial charge in [0.1, 0.15) is 4.84 Å². The van der Waals surface area contributed by atoms with Crippen molar-refractivity contribution >= 4 is 29.2 Å². The van der Waals surface area contributed by atoms with E-state index in [1.165, 1.54) is 25.7 Å². The minimum absolute atomic E-state index is 0.191. The Bertz CT molecular complexity index is 112. The first-order valence-electron chi connectivity index (χ1n) is 4.54. The summed E-state index contributed by atoms with van der Waals surface area (Å²) in [5.74, 6) is -0.977. The number of rotatable bonds is 5. The molecule has 2 nitrogen and oxygen atoms in total. The van der Waals surface area contributed by atoms with Crippen LogP contribution < -0.4 is 0 Å². The van der Waals surface area contributed by atoms with Crippen LogP contribution in [-0.4, -0.2) is 15.9 Å². The van der Waals surface area contributed by atoms with Gasteiger partial charge in [-0.25, -0.2) is 0 Å². The third-order valence-electron chi connectivity index (χ3n) is 1.29. The molecule has 4 heteroatoms. The number of hydrogen-bond acceptors (Lipinski definition) is 1. The predicted octanol–water partition coefficient (Wildman–Crippen LogP) is 3.85. The second kappa shape index (κ2) is 12.0. The maximum Gasteiger partial charge on any atom is 0.306 e. The van der Waals surface area contributed by atoms with Crippen molar-refractivity contribution in [2.24, 2.45) is 0 Å². The number of carboxylic acids is 1. The fourth-order valence-electron chi connectivity index (χ4n) is 0.632. The van der Waals surface area contributed by atoms with Crippen LogP contribution in [0.25, 0.3) is 0 Å². The van der Waals surface area contributed by atoms with Gasteiger partial charge in [-0.2, -0.15) is 0 Å². The molecule has 0 aromatic heterocycles. The Morgan fingerprint density at radius 1 is 1.23 bits per heavy atom. The van der Waals surface area contributed by atoms with Gasteiger partial charge in [-0.3, -0.25) is 4.79 Å². The van der Waals surface area contributed by atoms with Crippen LogP contribution in [0.2, 0.25) is 0 Å². The molecule has 0 rings (SSSR count). The van der Waals surface area contributed by atoms with Crippen molar-refractivity contribution in [1.82, 2.24) is 0 Å². The van der Waals surface area contributed by atoms with E-state index in [1.54, 1.807) is 0 Å². The fraction of sp³-hybridized carbons (Fsp3) is 0.889. The highest BCUT2D eigenvalue weighted by molar-refractivity contribution is 6.44. The molecule has 0 spiro atoms. The highest BCUT2D eigenvalue weighted by atomic mass is 35.5. The number of unbranched alkanes of at least 4 members (excludes halogenated alkanes) is 3. The van der Waals surface area contributed by atoms with Gasteiger partial charge in [-0.15, -0.1) is 23.2 Å². The third-order valence-corrected chi connectivity index (χ3v) is 1.59. The summed E-state index contributed by atoms with van der Waals surface area (Å²) < 4.78 is 0. The van der Waals surface area contributed by atoms with Crippen LogP contribution >= 0.6 is 23.2 Å². The molecule has 0 radical (unpaired) electrons. The smallest absolute Gasteiger partial charge is 0.306 e. The summed E-state index contributed by atoms with van der Waals surface area (Å²) in [6.07, 6.45) is 5.35. The molecule has 0 aromatic carbocycles. The lowest BCUT2D eigenvalue weighted by atomic mass is 10.2. The van der Waals surface area contributed by atoms with Crippen molar-refractivity contribution in [3.63, 3.8) is 0 Å². The highest BCUT2D eigenvalue weighted by Crippen LogP contribution is 2.05. The van der Waals surface area contributed by atoms with Gasteiger partial charge in [-0.05, 0) is 0 Å². The van der Waals surface area contributed by atoms with Crippen LogP contribution in [-0.2, 0) is 4.79 Å². The number of alkyl halides is 2. The van der Waals surface area contributed by atoms with Crippen LogP contribution in [0.1, 0.15) is 46.0 Å². The molecule has 0 aliphatic rings. The molecule has 0 amide bonds. The molecule has 0 heterocycles. The number of carbonyl (C=O) groups is 1. The van der Waals surface area contributed by atoms with Gasteiger partial charge in [0.2, 0.25) is 0 Å². The zero-order valence-corrected chi connectivity index (χ0v) is 9.74. The maximum absolute atomic E-state index is 9.64. The van der Waals surface area contributed by atoms with E-state index in [2.05, 4.69) is 13.8 Å². The third kappa shape index (κ3) is 24.5. The molecule has 80 valence electrons. The number of halogens is 2. The van der Waals surface area contributed by atoms with Gasteiger partial charge in [0.25, 0.3) is 0 Å². The van der Waals surface area contributed by atoms with Crippen molar-refractivity contribution in [3.8, 4) is 0 Å². The second-order valence-corrected chi connectivity index (χ2v) is 3.97. The minimum atomic E-state index is -0.977. The molecule has 13 heavy (non-hydrogen) atoms. The molecule has 0 saturated heterocycles. The van der Waals surface area contributed by atoms with Crippen molar-refractivity contribution < 1.29 is 9.90 Å². The number of carboxylic acid groups (broad SMARTS) is 1. The van der Waals surface area contributed by atoms with Crippen molar-refractivity contribution in [2.75, 3.05) is 0 Å². The quantitative estimate of drug-likeness (QED) is 0.574. The van der Waals surface area contributed by atoms with Gasteiger partial charge in [0.15, 0.2) is 0 Å². The molecule has 0 fully saturated rings. The molecule has 0 aliphatic carbocycles. The summed E-state index contributed by atoms with van der Waals surface area (Å²) in [6.45, 7) is 4.46. The summed E-state index contributed by atoms with van der Waals surface area (Å²) in [5, 5.41) is 7.92. The zero-order valence-electron chi connectivity index (χ0n) is 8.22. The first-order chi connectivity index (χ1) is 6.04. The maximum atomic E-state index is 9.64. The van der Waals surface area contributed by atoms with E-state index in [9.17, 15) is 4.79 Å². The van der Waals surface area contributed by atoms with Crippen molar-refractivity contribution in [3.05, 3.63) is 0 Å². The topological polar surface area (TPSA) is 37.3 Å². The molecule has 0 unspecified atom stereocenters. The summed E-state index contributed by atoms with van der Waals surface area (Å²) in [4.78, 5) is 8.86. The standard InChI is InChI=1S/C6H14.C3H4Cl2O2/c1-3-5-6-4-2;4-2(5)1-3(6)7/h3-6H2,1-2H3;2H,1H2,(H,6,7). The van der Waals surface area contributed by atoms with E-state index < -0.39 is 10.8 Å². The van der Waals surface area contributed by atoms with Crippen molar-refractivity contribution in [2.45, 2.75) is 50.8 Å². The highest BCUT2D eigenvalue weighted by Gasteiger charge is 2.03. The molecule has 0 saturated carbocycles. The van der Waals surface area contributed by atoms with Gasteiger partial charge in [0.05, 0.1) is 6.42 Å². The Morgan fingerprint density at radius 2 is 1.62 bits per heavy atom. The van der Waals surface area contributed by atoms with Crippen LogP contribution in [0.3, 0.4) is 0 Å². The second-order valence-electron chi connectivity index (χ2n) is 2.70. The lowest BCUT2D eigenvalue weighted by Gasteiger charge is -1.89. The van der Waals surface area contributed by atoms with E-state index in [1.807, 2.05) is 0 Å². The van der Waals surface area contributed by atoms with Gasteiger partial charge >= 0.3 is 5.97 Å². The number of hydrogen-bond donors (Lipinski definition) is 1. The van der Waals surface area contributed by atoms with E-state index in [0.29, 0.717) is 0 Å². The largest absolute Gasteiger partial charge is 0.481 e. The lowest BCUT2D eigenvalue weighted by Crippen LogP contribution is -1.99. The lowest BCUT2D eigenvalue weighted by molar-refractivity contribution is -0.136. The Balaban J connectivity index is 0. The van der Waals surface area contributed by atoms with Crippen LogP contribution in [0.4, 0.5) is 0 Å². The molecular weight excluding hydrogens is 211 g/mol. The SMILES string of the molecule is CCCCCC.O=C(O)CC(Cl)Cl. The Hall–Kier alpha value is 0.0500. The summed E-state index contributed by atoms with van der Waals surface area (Å²) in [7, 11) is 0. The zero-order chi connectivity index (χ0) is 10.7. The van der Waals surface area contributed by atoms with E-state index >= 15 is 0 Å². The summed E-state index contributed by atoms with van der Waals surface area (Å²) >= 11 is 10.1. The van der Waals surface area contributed by atoms with E-state index in [4.69, 9.17) is 28.3 Å². The Labute approximate surface area is 90.2 Å². The van der Waals surface area contributed by atoms with Crippen LogP contribution in [0, 0.1) is 0 Å². The Kier molecular flexibility index (Phi) is 14.4. The average molecular weight is 229 g/mol. The predicted molar refractivity (Wildman–Crippen MR) is 57.6 cm³/mol. The van der Waals surface area contributed by atoms with Crippen LogP contribution in [0.15, 0.2) is 0 Å². The first kappa shape index (κ1) is 15.5. The number of aliphatic carboxylic acids is 1. The fourth-order valence-corrected chi connectivity index (χ4v) is 0.896. The average Bonchev–Trinajstić information content (AvgIpc) is 1.99. The molecule has 0 atom stereocenters. The monoisotopic (exact) mass is 228 g/mol. The molecule has 1 N–H and O–H groups in total. The summed E-state index contributed by atoms with van der Waals surface area (Å²) in [5.41, 5.74) is 0.